The van der Waals surface area contributed by atoms with E-state index in [4.69, 9.17) is 16.3 Å². The second-order valence-electron chi connectivity index (χ2n) is 5.71. The molecule has 0 spiro atoms. The number of anilines is 1. The number of esters is 1. The molecule has 1 heterocycles. The van der Waals surface area contributed by atoms with Crippen molar-refractivity contribution in [3.63, 3.8) is 0 Å². The molecule has 1 N–H and O–H groups in total. The van der Waals surface area contributed by atoms with Gasteiger partial charge in [-0.05, 0) is 55.0 Å². The number of hydrogen-bond donors (Lipinski definition) is 1. The van der Waals surface area contributed by atoms with Crippen LogP contribution in [0.3, 0.4) is 0 Å². The minimum absolute atomic E-state index is 0.00696. The fourth-order valence-corrected chi connectivity index (χ4v) is 2.94. The van der Waals surface area contributed by atoms with Gasteiger partial charge in [0.1, 0.15) is 11.3 Å². The maximum absolute atomic E-state index is 12.9. The molecule has 0 unspecified atom stereocenters. The maximum atomic E-state index is 12.9. The second-order valence-corrected chi connectivity index (χ2v) is 6.15. The number of hydrogen-bond acceptors (Lipinski definition) is 5. The Morgan fingerprint density at radius 1 is 1.12 bits per heavy atom. The number of benzene rings is 2. The quantitative estimate of drug-likeness (QED) is 0.504. The highest BCUT2D eigenvalue weighted by Gasteiger charge is 2.38. The Bertz CT molecular complexity index is 927. The summed E-state index contributed by atoms with van der Waals surface area (Å²) in [5, 5.41) is 10.0. The van der Waals surface area contributed by atoms with Crippen LogP contribution >= 0.6 is 11.6 Å². The zero-order chi connectivity index (χ0) is 18.8. The van der Waals surface area contributed by atoms with Crippen molar-refractivity contribution in [2.45, 2.75) is 6.92 Å². The van der Waals surface area contributed by atoms with E-state index in [1.165, 1.54) is 19.2 Å². The number of nitrogens with zero attached hydrogens (tertiary/aromatic N) is 1. The number of ether oxygens (including phenoxy) is 1. The molecule has 132 valence electrons. The lowest BCUT2D eigenvalue weighted by atomic mass is 10.1. The van der Waals surface area contributed by atoms with Gasteiger partial charge in [-0.3, -0.25) is 4.79 Å². The minimum atomic E-state index is -0.680. The standard InChI is InChI=1S/C20H16ClNO4/c1-12-18(20(25)26-2)19(24)17(11-13-3-9-16(23)10-4-13)22(12)15-7-5-14(21)6-8-15/h3-11,23H,1-2H3/b17-11+. The van der Waals surface area contributed by atoms with Crippen LogP contribution in [-0.2, 0) is 14.3 Å². The van der Waals surface area contributed by atoms with Gasteiger partial charge in [0.25, 0.3) is 0 Å². The van der Waals surface area contributed by atoms with E-state index in [0.29, 0.717) is 27.7 Å². The number of allylic oxidation sites excluding steroid dienone is 2. The summed E-state index contributed by atoms with van der Waals surface area (Å²) in [4.78, 5) is 26.7. The van der Waals surface area contributed by atoms with Crippen molar-refractivity contribution in [2.24, 2.45) is 0 Å². The van der Waals surface area contributed by atoms with Crippen molar-refractivity contribution < 1.29 is 19.4 Å². The molecule has 6 heteroatoms. The topological polar surface area (TPSA) is 66.8 Å². The van der Waals surface area contributed by atoms with Crippen LogP contribution in [0.2, 0.25) is 5.02 Å². The van der Waals surface area contributed by atoms with Gasteiger partial charge in [0, 0.05) is 16.4 Å². The summed E-state index contributed by atoms with van der Waals surface area (Å²) in [7, 11) is 1.24. The molecule has 3 rings (SSSR count). The van der Waals surface area contributed by atoms with E-state index < -0.39 is 11.8 Å². The highest BCUT2D eigenvalue weighted by Crippen LogP contribution is 2.36. The van der Waals surface area contributed by atoms with Crippen molar-refractivity contribution in [1.29, 1.82) is 0 Å². The first-order valence-corrected chi connectivity index (χ1v) is 8.20. The number of phenols is 1. The van der Waals surface area contributed by atoms with E-state index in [0.717, 1.165) is 0 Å². The number of halogens is 1. The second kappa shape index (κ2) is 7.06. The molecular formula is C20H16ClNO4. The summed E-state index contributed by atoms with van der Waals surface area (Å²) < 4.78 is 4.77. The highest BCUT2D eigenvalue weighted by atomic mass is 35.5. The molecule has 0 aromatic heterocycles. The Kier molecular flexibility index (Phi) is 4.82. The monoisotopic (exact) mass is 369 g/mol. The van der Waals surface area contributed by atoms with Crippen LogP contribution in [0.25, 0.3) is 6.08 Å². The van der Waals surface area contributed by atoms with Gasteiger partial charge in [-0.1, -0.05) is 23.7 Å². The molecule has 1 aliphatic heterocycles. The van der Waals surface area contributed by atoms with Crippen molar-refractivity contribution in [1.82, 2.24) is 0 Å². The molecule has 26 heavy (non-hydrogen) atoms. The van der Waals surface area contributed by atoms with Crippen LogP contribution in [0.5, 0.6) is 5.75 Å². The van der Waals surface area contributed by atoms with Gasteiger partial charge >= 0.3 is 5.97 Å². The molecule has 0 saturated carbocycles. The average molecular weight is 370 g/mol. The van der Waals surface area contributed by atoms with Crippen LogP contribution in [0.15, 0.2) is 65.5 Å². The Balaban J connectivity index is 2.14. The molecule has 0 amide bonds. The molecule has 0 saturated heterocycles. The summed E-state index contributed by atoms with van der Waals surface area (Å²) in [5.74, 6) is -0.970. The summed E-state index contributed by atoms with van der Waals surface area (Å²) in [6.07, 6.45) is 1.66. The average Bonchev–Trinajstić information content (AvgIpc) is 2.87. The van der Waals surface area contributed by atoms with E-state index >= 15 is 0 Å². The maximum Gasteiger partial charge on any atom is 0.343 e. The fourth-order valence-electron chi connectivity index (χ4n) is 2.81. The Morgan fingerprint density at radius 3 is 2.31 bits per heavy atom. The normalized spacial score (nSPS) is 15.7. The van der Waals surface area contributed by atoms with E-state index in [2.05, 4.69) is 0 Å². The Labute approximate surface area is 155 Å². The minimum Gasteiger partial charge on any atom is -0.508 e. The first kappa shape index (κ1) is 17.8. The molecule has 2 aromatic carbocycles. The molecule has 0 fully saturated rings. The zero-order valence-corrected chi connectivity index (χ0v) is 14.9. The first-order valence-electron chi connectivity index (χ1n) is 7.82. The zero-order valence-electron chi connectivity index (χ0n) is 14.2. The molecule has 2 aromatic rings. The van der Waals surface area contributed by atoms with Crippen molar-refractivity contribution >= 4 is 35.1 Å². The number of methoxy groups -OCH3 is 1. The third-order valence-corrected chi connectivity index (χ3v) is 4.32. The van der Waals surface area contributed by atoms with E-state index in [9.17, 15) is 14.7 Å². The number of rotatable bonds is 3. The SMILES string of the molecule is COC(=O)C1=C(C)N(c2ccc(Cl)cc2)/C(=C/c2ccc(O)cc2)C1=O. The smallest absolute Gasteiger partial charge is 0.343 e. The van der Waals surface area contributed by atoms with Gasteiger partial charge in [-0.2, -0.15) is 0 Å². The highest BCUT2D eigenvalue weighted by molar-refractivity contribution is 6.31. The van der Waals surface area contributed by atoms with Crippen LogP contribution in [0.1, 0.15) is 12.5 Å². The molecule has 0 atom stereocenters. The van der Waals surface area contributed by atoms with Gasteiger partial charge < -0.3 is 14.7 Å². The lowest BCUT2D eigenvalue weighted by Gasteiger charge is -2.21. The first-order chi connectivity index (χ1) is 12.4. The number of carbonyl (C=O) groups is 2. The van der Waals surface area contributed by atoms with Gasteiger partial charge in [-0.25, -0.2) is 4.79 Å². The molecular weight excluding hydrogens is 354 g/mol. The third-order valence-electron chi connectivity index (χ3n) is 4.07. The number of aromatic hydroxyl groups is 1. The van der Waals surface area contributed by atoms with Crippen molar-refractivity contribution in [3.05, 3.63) is 76.1 Å². The fraction of sp³-hybridized carbons (Fsp3) is 0.100. The van der Waals surface area contributed by atoms with Crippen LogP contribution in [0, 0.1) is 0 Å². The van der Waals surface area contributed by atoms with Gasteiger partial charge in [-0.15, -0.1) is 0 Å². The van der Waals surface area contributed by atoms with Crippen molar-refractivity contribution in [2.75, 3.05) is 12.0 Å². The predicted octanol–water partition coefficient (Wildman–Crippen LogP) is 3.92. The van der Waals surface area contributed by atoms with Crippen LogP contribution < -0.4 is 4.90 Å². The predicted molar refractivity (Wildman–Crippen MR) is 99.7 cm³/mol. The van der Waals surface area contributed by atoms with E-state index in [-0.39, 0.29) is 11.3 Å². The largest absolute Gasteiger partial charge is 0.508 e. The van der Waals surface area contributed by atoms with Gasteiger partial charge in [0.05, 0.1) is 12.8 Å². The Morgan fingerprint density at radius 2 is 1.73 bits per heavy atom. The number of carbonyl (C=O) groups excluding carboxylic acids is 2. The van der Waals surface area contributed by atoms with Crippen molar-refractivity contribution in [3.8, 4) is 5.75 Å². The molecule has 5 nitrogen and oxygen atoms in total. The summed E-state index contributed by atoms with van der Waals surface area (Å²) in [6, 6.07) is 13.4. The third kappa shape index (κ3) is 3.21. The molecule has 1 aliphatic rings. The molecule has 0 bridgehead atoms. The van der Waals surface area contributed by atoms with Crippen LogP contribution in [-0.4, -0.2) is 24.0 Å². The lowest BCUT2D eigenvalue weighted by molar-refractivity contribution is -0.137. The summed E-state index contributed by atoms with van der Waals surface area (Å²) >= 11 is 5.96. The number of phenolic OH excluding ortho intramolecular Hbond substituents is 1. The number of ketones is 1. The lowest BCUT2D eigenvalue weighted by Crippen LogP contribution is -2.18. The summed E-state index contributed by atoms with van der Waals surface area (Å²) in [5.41, 5.74) is 2.20. The van der Waals surface area contributed by atoms with Gasteiger partial charge in [0.2, 0.25) is 5.78 Å². The molecule has 0 aliphatic carbocycles. The molecule has 0 radical (unpaired) electrons. The number of Topliss-reactive ketones (excluding diaryl/α,β-unsaturated/α-hetero) is 1. The van der Waals surface area contributed by atoms with E-state index in [1.54, 1.807) is 54.3 Å². The van der Waals surface area contributed by atoms with E-state index in [1.807, 2.05) is 0 Å². The van der Waals surface area contributed by atoms with Crippen LogP contribution in [0.4, 0.5) is 5.69 Å². The summed E-state index contributed by atoms with van der Waals surface area (Å²) in [6.45, 7) is 1.69. The van der Waals surface area contributed by atoms with Gasteiger partial charge in [0.15, 0.2) is 0 Å². The Hall–Kier alpha value is -3.05.